The highest BCUT2D eigenvalue weighted by atomic mass is 16.1. The van der Waals surface area contributed by atoms with Crippen LogP contribution >= 0.6 is 0 Å². The Hall–Kier alpha value is -0.410. The van der Waals surface area contributed by atoms with Gasteiger partial charge in [0.1, 0.15) is 0 Å². The van der Waals surface area contributed by atoms with Gasteiger partial charge >= 0.3 is 0 Å². The van der Waals surface area contributed by atoms with E-state index in [4.69, 9.17) is 11.5 Å². The van der Waals surface area contributed by atoms with E-state index >= 15 is 0 Å². The largest absolute Gasteiger partial charge is 0.328 e. The maximum atomic E-state index is 10.9. The molecule has 0 aliphatic rings. The molecule has 4 N–H and O–H groups in total. The van der Waals surface area contributed by atoms with Crippen LogP contribution < -0.4 is 11.5 Å². The summed E-state index contributed by atoms with van der Waals surface area (Å²) in [7, 11) is 0. The van der Waals surface area contributed by atoms with Gasteiger partial charge in [-0.1, -0.05) is 28.7 Å². The maximum Gasteiger partial charge on any atom is 0.153 e. The van der Waals surface area contributed by atoms with Gasteiger partial charge in [-0.05, 0) is 0 Å². The number of rotatable bonds is 3. The van der Waals surface area contributed by atoms with Crippen molar-refractivity contribution < 1.29 is 4.79 Å². The van der Waals surface area contributed by atoms with E-state index < -0.39 is 6.04 Å². The van der Waals surface area contributed by atoms with Gasteiger partial charge in [-0.3, -0.25) is 4.79 Å². The topological polar surface area (TPSA) is 69.1 Å². The summed E-state index contributed by atoms with van der Waals surface area (Å²) in [5.74, 6) is 0.0426. The molecule has 70 valence electrons. The van der Waals surface area contributed by atoms with Crippen LogP contribution in [0.3, 0.4) is 0 Å². The second-order valence-corrected chi connectivity index (χ2v) is 2.40. The molecule has 1 atom stereocenters. The summed E-state index contributed by atoms with van der Waals surface area (Å²) in [6, 6.07) is -0.468. The molecule has 0 aromatic heterocycles. The summed E-state index contributed by atoms with van der Waals surface area (Å²) in [6.07, 6.45) is 0. The molecule has 0 aliphatic heterocycles. The van der Waals surface area contributed by atoms with Crippen molar-refractivity contribution in [3.05, 3.63) is 0 Å². The summed E-state index contributed by atoms with van der Waals surface area (Å²) in [5.41, 5.74) is 10.5. The molecule has 0 fully saturated rings. The fourth-order valence-corrected chi connectivity index (χ4v) is 0.544. The van der Waals surface area contributed by atoms with Crippen LogP contribution in [0, 0.1) is 5.92 Å². The predicted molar refractivity (Wildman–Crippen MR) is 50.3 cm³/mol. The Morgan fingerprint density at radius 1 is 1.36 bits per heavy atom. The number of hydrogen-bond acceptors (Lipinski definition) is 3. The molecule has 0 bridgehead atoms. The first-order valence-electron chi connectivity index (χ1n) is 3.09. The van der Waals surface area contributed by atoms with Crippen LogP contribution in [-0.2, 0) is 4.79 Å². The van der Waals surface area contributed by atoms with E-state index in [1.54, 1.807) is 0 Å². The molecule has 0 heterocycles. The third-order valence-corrected chi connectivity index (χ3v) is 1.19. The van der Waals surface area contributed by atoms with Crippen molar-refractivity contribution in [1.82, 2.24) is 0 Å². The second-order valence-electron chi connectivity index (χ2n) is 2.40. The average Bonchev–Trinajstić information content (AvgIpc) is 1.84. The lowest BCUT2D eigenvalue weighted by molar-refractivity contribution is -0.122. The molecule has 3 heteroatoms. The number of ketones is 1. The molecule has 0 radical (unpaired) electrons. The molecule has 3 nitrogen and oxygen atoms in total. The van der Waals surface area contributed by atoms with E-state index in [0.29, 0.717) is 0 Å². The van der Waals surface area contributed by atoms with E-state index in [2.05, 4.69) is 0 Å². The lowest BCUT2D eigenvalue weighted by Crippen LogP contribution is -2.40. The Balaban J connectivity index is -0.000000320. The van der Waals surface area contributed by atoms with Crippen LogP contribution in [0.15, 0.2) is 0 Å². The highest BCUT2D eigenvalue weighted by molar-refractivity contribution is 5.85. The van der Waals surface area contributed by atoms with Crippen LogP contribution in [0.2, 0.25) is 0 Å². The Kier molecular flexibility index (Phi) is 11.8. The van der Waals surface area contributed by atoms with Crippen molar-refractivity contribution >= 4 is 5.78 Å². The average molecular weight is 162 g/mol. The SMILES string of the molecule is C.C.CC(C)C(=O)[C@@H](N)CN. The normalized spacial score (nSPS) is 11.4. The molecule has 0 aromatic carbocycles. The fraction of sp³-hybridized carbons (Fsp3) is 0.875. The fourth-order valence-electron chi connectivity index (χ4n) is 0.544. The van der Waals surface area contributed by atoms with Crippen LogP contribution in [0.1, 0.15) is 28.7 Å². The molecule has 0 rings (SSSR count). The molecule has 0 aromatic rings. The van der Waals surface area contributed by atoms with E-state index in [9.17, 15) is 4.79 Å². The number of carbonyl (C=O) groups excluding carboxylic acids is 1. The van der Waals surface area contributed by atoms with Gasteiger partial charge in [-0.2, -0.15) is 0 Å². The van der Waals surface area contributed by atoms with Crippen LogP contribution in [-0.4, -0.2) is 18.4 Å². The van der Waals surface area contributed by atoms with E-state index in [-0.39, 0.29) is 33.1 Å². The lowest BCUT2D eigenvalue weighted by atomic mass is 10.0. The van der Waals surface area contributed by atoms with Crippen molar-refractivity contribution in [2.24, 2.45) is 17.4 Å². The number of nitrogens with two attached hydrogens (primary N) is 2. The standard InChI is InChI=1S/C6H14N2O.2CH4/c1-4(2)6(9)5(8)3-7;;/h4-5H,3,7-8H2,1-2H3;2*1H4/t5-;;/m0../s1. The maximum absolute atomic E-state index is 10.9. The van der Waals surface area contributed by atoms with E-state index in [1.807, 2.05) is 13.8 Å². The zero-order valence-corrected chi connectivity index (χ0v) is 5.92. The zero-order valence-electron chi connectivity index (χ0n) is 5.92. The number of Topliss-reactive ketones (excluding diaryl/α,β-unsaturated/α-hetero) is 1. The Labute approximate surface area is 70.1 Å². The van der Waals surface area contributed by atoms with Gasteiger partial charge in [0.25, 0.3) is 0 Å². The van der Waals surface area contributed by atoms with Crippen LogP contribution in [0.5, 0.6) is 0 Å². The van der Waals surface area contributed by atoms with Gasteiger partial charge < -0.3 is 11.5 Å². The third-order valence-electron chi connectivity index (χ3n) is 1.19. The van der Waals surface area contributed by atoms with Crippen LogP contribution in [0.4, 0.5) is 0 Å². The van der Waals surface area contributed by atoms with Gasteiger partial charge in [-0.15, -0.1) is 0 Å². The van der Waals surface area contributed by atoms with Gasteiger partial charge in [0.2, 0.25) is 0 Å². The van der Waals surface area contributed by atoms with Crippen molar-refractivity contribution in [2.75, 3.05) is 6.54 Å². The minimum atomic E-state index is -0.468. The highest BCUT2D eigenvalue weighted by Gasteiger charge is 2.14. The molecule has 0 amide bonds. The summed E-state index contributed by atoms with van der Waals surface area (Å²) in [6.45, 7) is 3.88. The first-order valence-corrected chi connectivity index (χ1v) is 3.09. The van der Waals surface area contributed by atoms with Gasteiger partial charge in [0.05, 0.1) is 6.04 Å². The van der Waals surface area contributed by atoms with Crippen molar-refractivity contribution in [1.29, 1.82) is 0 Å². The summed E-state index contributed by atoms with van der Waals surface area (Å²) >= 11 is 0. The monoisotopic (exact) mass is 162 g/mol. The van der Waals surface area contributed by atoms with Gasteiger partial charge in [-0.25, -0.2) is 0 Å². The Morgan fingerprint density at radius 2 is 1.73 bits per heavy atom. The summed E-state index contributed by atoms with van der Waals surface area (Å²) in [4.78, 5) is 10.9. The van der Waals surface area contributed by atoms with Crippen molar-refractivity contribution in [2.45, 2.75) is 34.7 Å². The minimum Gasteiger partial charge on any atom is -0.328 e. The predicted octanol–water partition coefficient (Wildman–Crippen LogP) is 0.770. The zero-order chi connectivity index (χ0) is 7.44. The van der Waals surface area contributed by atoms with Crippen LogP contribution in [0.25, 0.3) is 0 Å². The number of hydrogen-bond donors (Lipinski definition) is 2. The molecule has 11 heavy (non-hydrogen) atoms. The molecule has 0 spiro atoms. The first kappa shape index (κ1) is 16.9. The lowest BCUT2D eigenvalue weighted by Gasteiger charge is -2.08. The summed E-state index contributed by atoms with van der Waals surface area (Å²) < 4.78 is 0. The molecule has 0 unspecified atom stereocenters. The third kappa shape index (κ3) is 6.01. The Morgan fingerprint density at radius 3 is 1.82 bits per heavy atom. The second kappa shape index (κ2) is 7.69. The smallest absolute Gasteiger partial charge is 0.153 e. The van der Waals surface area contributed by atoms with Crippen molar-refractivity contribution in [3.63, 3.8) is 0 Å². The molecule has 0 saturated heterocycles. The number of carbonyl (C=O) groups is 1. The summed E-state index contributed by atoms with van der Waals surface area (Å²) in [5, 5.41) is 0. The van der Waals surface area contributed by atoms with E-state index in [1.165, 1.54) is 0 Å². The van der Waals surface area contributed by atoms with E-state index in [0.717, 1.165) is 0 Å². The van der Waals surface area contributed by atoms with Crippen molar-refractivity contribution in [3.8, 4) is 0 Å². The quantitative estimate of drug-likeness (QED) is 0.644. The molecule has 0 saturated carbocycles. The Bertz CT molecular complexity index is 102. The van der Waals surface area contributed by atoms with Gasteiger partial charge in [0.15, 0.2) is 5.78 Å². The molecular formula is C8H22N2O. The molecule has 0 aliphatic carbocycles. The highest BCUT2D eigenvalue weighted by Crippen LogP contribution is 1.95. The molecular weight excluding hydrogens is 140 g/mol. The van der Waals surface area contributed by atoms with Gasteiger partial charge in [0, 0.05) is 12.5 Å². The minimum absolute atomic E-state index is 0. The first-order chi connectivity index (χ1) is 4.09.